The van der Waals surface area contributed by atoms with Crippen molar-refractivity contribution in [1.82, 2.24) is 4.90 Å². The molecule has 0 aromatic rings. The fourth-order valence-corrected chi connectivity index (χ4v) is 3.99. The number of rotatable bonds is 2. The van der Waals surface area contributed by atoms with Crippen LogP contribution in [0.2, 0.25) is 0 Å². The smallest absolute Gasteiger partial charge is 0.222 e. The van der Waals surface area contributed by atoms with Crippen molar-refractivity contribution < 1.29 is 9.90 Å². The van der Waals surface area contributed by atoms with E-state index in [1.165, 1.54) is 32.1 Å². The van der Waals surface area contributed by atoms with Gasteiger partial charge in [-0.15, -0.1) is 0 Å². The highest BCUT2D eigenvalue weighted by molar-refractivity contribution is 5.76. The van der Waals surface area contributed by atoms with Gasteiger partial charge in [-0.25, -0.2) is 0 Å². The Morgan fingerprint density at radius 2 is 2.00 bits per heavy atom. The average Bonchev–Trinajstić information content (AvgIpc) is 2.70. The SMILES string of the molecule is CC(C)(C)C1(C)CCCCC(CC(=O)N2CCC(O)C2)C1. The third-order valence-corrected chi connectivity index (χ3v) is 6.12. The summed E-state index contributed by atoms with van der Waals surface area (Å²) in [5, 5.41) is 9.60. The van der Waals surface area contributed by atoms with E-state index in [1.54, 1.807) is 0 Å². The van der Waals surface area contributed by atoms with Crippen molar-refractivity contribution in [3.8, 4) is 0 Å². The van der Waals surface area contributed by atoms with Crippen molar-refractivity contribution >= 4 is 5.91 Å². The van der Waals surface area contributed by atoms with E-state index in [2.05, 4.69) is 27.7 Å². The van der Waals surface area contributed by atoms with Crippen LogP contribution >= 0.6 is 0 Å². The predicted molar refractivity (Wildman–Crippen MR) is 86.0 cm³/mol. The van der Waals surface area contributed by atoms with Crippen LogP contribution in [0.3, 0.4) is 0 Å². The van der Waals surface area contributed by atoms with Gasteiger partial charge in [0.1, 0.15) is 0 Å². The van der Waals surface area contributed by atoms with Crippen molar-refractivity contribution in [1.29, 1.82) is 0 Å². The van der Waals surface area contributed by atoms with Crippen LogP contribution in [0.25, 0.3) is 0 Å². The zero-order valence-electron chi connectivity index (χ0n) is 14.3. The van der Waals surface area contributed by atoms with Crippen LogP contribution in [0.4, 0.5) is 0 Å². The van der Waals surface area contributed by atoms with Crippen LogP contribution in [0.15, 0.2) is 0 Å². The Morgan fingerprint density at radius 1 is 1.29 bits per heavy atom. The van der Waals surface area contributed by atoms with Crippen molar-refractivity contribution in [2.75, 3.05) is 13.1 Å². The van der Waals surface area contributed by atoms with Crippen LogP contribution in [0.1, 0.15) is 72.6 Å². The van der Waals surface area contributed by atoms with Gasteiger partial charge in [0.25, 0.3) is 0 Å². The molecule has 21 heavy (non-hydrogen) atoms. The summed E-state index contributed by atoms with van der Waals surface area (Å²) in [6.07, 6.45) is 7.31. The van der Waals surface area contributed by atoms with E-state index in [4.69, 9.17) is 0 Å². The highest BCUT2D eigenvalue weighted by Crippen LogP contribution is 2.50. The Hall–Kier alpha value is -0.570. The van der Waals surface area contributed by atoms with Crippen molar-refractivity contribution in [3.63, 3.8) is 0 Å². The molecule has 3 atom stereocenters. The largest absolute Gasteiger partial charge is 0.391 e. The van der Waals surface area contributed by atoms with Gasteiger partial charge in [-0.1, -0.05) is 40.5 Å². The van der Waals surface area contributed by atoms with Crippen LogP contribution < -0.4 is 0 Å². The summed E-state index contributed by atoms with van der Waals surface area (Å²) in [7, 11) is 0. The van der Waals surface area contributed by atoms with Gasteiger partial charge < -0.3 is 10.0 Å². The molecule has 1 heterocycles. The first kappa shape index (κ1) is 16.8. The van der Waals surface area contributed by atoms with Crippen LogP contribution in [-0.4, -0.2) is 35.1 Å². The first-order valence-electron chi connectivity index (χ1n) is 8.67. The van der Waals surface area contributed by atoms with E-state index in [0.29, 0.717) is 29.7 Å². The molecule has 0 radical (unpaired) electrons. The normalized spacial score (nSPS) is 34.8. The topological polar surface area (TPSA) is 40.5 Å². The lowest BCUT2D eigenvalue weighted by molar-refractivity contribution is -0.132. The van der Waals surface area contributed by atoms with Gasteiger partial charge in [-0.3, -0.25) is 4.79 Å². The summed E-state index contributed by atoms with van der Waals surface area (Å²) in [5.41, 5.74) is 0.626. The fourth-order valence-electron chi connectivity index (χ4n) is 3.99. The summed E-state index contributed by atoms with van der Waals surface area (Å²) in [6.45, 7) is 10.7. The molecule has 2 fully saturated rings. The molecule has 1 N–H and O–H groups in total. The molecule has 0 spiro atoms. The lowest BCUT2D eigenvalue weighted by Crippen LogP contribution is -2.36. The second-order valence-electron chi connectivity index (χ2n) is 8.61. The van der Waals surface area contributed by atoms with E-state index in [0.717, 1.165) is 13.0 Å². The van der Waals surface area contributed by atoms with Crippen molar-refractivity contribution in [2.24, 2.45) is 16.7 Å². The Bertz CT molecular complexity index is 374. The van der Waals surface area contributed by atoms with Crippen LogP contribution in [0.5, 0.6) is 0 Å². The van der Waals surface area contributed by atoms with Crippen molar-refractivity contribution in [2.45, 2.75) is 78.7 Å². The fraction of sp³-hybridized carbons (Fsp3) is 0.944. The molecule has 1 aliphatic heterocycles. The summed E-state index contributed by atoms with van der Waals surface area (Å²) >= 11 is 0. The molecular formula is C18H33NO2. The second-order valence-corrected chi connectivity index (χ2v) is 8.61. The Balaban J connectivity index is 1.97. The Labute approximate surface area is 130 Å². The van der Waals surface area contributed by atoms with E-state index in [-0.39, 0.29) is 12.0 Å². The molecule has 1 aliphatic carbocycles. The molecule has 2 aliphatic rings. The van der Waals surface area contributed by atoms with Gasteiger partial charge in [-0.05, 0) is 42.4 Å². The van der Waals surface area contributed by atoms with Gasteiger partial charge in [0.05, 0.1) is 6.10 Å². The van der Waals surface area contributed by atoms with Crippen LogP contribution in [0, 0.1) is 16.7 Å². The summed E-state index contributed by atoms with van der Waals surface area (Å²) in [4.78, 5) is 14.3. The Morgan fingerprint density at radius 3 is 2.57 bits per heavy atom. The highest BCUT2D eigenvalue weighted by atomic mass is 16.3. The molecule has 0 aromatic heterocycles. The number of amides is 1. The number of aliphatic hydroxyl groups is 1. The number of nitrogens with zero attached hydrogens (tertiary/aromatic N) is 1. The minimum absolute atomic E-state index is 0.259. The van der Waals surface area contributed by atoms with Gasteiger partial charge in [0.15, 0.2) is 0 Å². The van der Waals surface area contributed by atoms with Gasteiger partial charge in [0, 0.05) is 19.5 Å². The maximum absolute atomic E-state index is 12.4. The molecule has 1 saturated carbocycles. The molecule has 3 heteroatoms. The monoisotopic (exact) mass is 295 g/mol. The maximum Gasteiger partial charge on any atom is 0.222 e. The number of carbonyl (C=O) groups excluding carboxylic acids is 1. The third-order valence-electron chi connectivity index (χ3n) is 6.12. The number of β-amino-alcohol motifs (C(OH)–C–C–N with tert-alkyl or cyclic N) is 1. The molecule has 1 saturated heterocycles. The molecule has 0 aromatic carbocycles. The highest BCUT2D eigenvalue weighted by Gasteiger charge is 2.40. The molecule has 122 valence electrons. The van der Waals surface area contributed by atoms with E-state index < -0.39 is 0 Å². The summed E-state index contributed by atoms with van der Waals surface area (Å²) in [6, 6.07) is 0. The zero-order chi connectivity index (χ0) is 15.7. The van der Waals surface area contributed by atoms with Crippen LogP contribution in [-0.2, 0) is 4.79 Å². The zero-order valence-corrected chi connectivity index (χ0v) is 14.3. The third kappa shape index (κ3) is 4.00. The first-order valence-corrected chi connectivity index (χ1v) is 8.67. The molecule has 1 amide bonds. The molecule has 3 unspecified atom stereocenters. The lowest BCUT2D eigenvalue weighted by Gasteiger charge is -2.43. The molecule has 3 nitrogen and oxygen atoms in total. The molecular weight excluding hydrogens is 262 g/mol. The number of hydrogen-bond donors (Lipinski definition) is 1. The number of aliphatic hydroxyl groups excluding tert-OH is 1. The standard InChI is InChI=1S/C18H33NO2/c1-17(2,3)18(4)9-6-5-7-14(12-18)11-16(21)19-10-8-15(20)13-19/h14-15,20H,5-13H2,1-4H3. The number of hydrogen-bond acceptors (Lipinski definition) is 2. The van der Waals surface area contributed by atoms with E-state index in [1.807, 2.05) is 4.90 Å². The van der Waals surface area contributed by atoms with Gasteiger partial charge in [-0.2, -0.15) is 0 Å². The van der Waals surface area contributed by atoms with Gasteiger partial charge in [0.2, 0.25) is 5.91 Å². The maximum atomic E-state index is 12.4. The summed E-state index contributed by atoms with van der Waals surface area (Å²) < 4.78 is 0. The minimum Gasteiger partial charge on any atom is -0.391 e. The van der Waals surface area contributed by atoms with Gasteiger partial charge >= 0.3 is 0 Å². The molecule has 2 rings (SSSR count). The lowest BCUT2D eigenvalue weighted by atomic mass is 9.62. The van der Waals surface area contributed by atoms with E-state index >= 15 is 0 Å². The number of carbonyl (C=O) groups is 1. The molecule has 0 bridgehead atoms. The predicted octanol–water partition coefficient (Wildman–Crippen LogP) is 3.60. The summed E-state index contributed by atoms with van der Waals surface area (Å²) in [5.74, 6) is 0.775. The van der Waals surface area contributed by atoms with E-state index in [9.17, 15) is 9.90 Å². The second kappa shape index (κ2) is 6.28. The minimum atomic E-state index is -0.303. The average molecular weight is 295 g/mol. The number of likely N-dealkylation sites (tertiary alicyclic amines) is 1. The Kier molecular flexibility index (Phi) is 5.02. The quantitative estimate of drug-likeness (QED) is 0.791. The van der Waals surface area contributed by atoms with Crippen molar-refractivity contribution in [3.05, 3.63) is 0 Å². The first-order chi connectivity index (χ1) is 9.71.